The van der Waals surface area contributed by atoms with E-state index in [1.165, 1.54) is 7.11 Å². The van der Waals surface area contributed by atoms with Gasteiger partial charge in [0.1, 0.15) is 12.7 Å². The Hall–Kier alpha value is -2.10. The van der Waals surface area contributed by atoms with Crippen molar-refractivity contribution in [3.8, 4) is 0 Å². The Balaban J connectivity index is 2.73. The first-order valence-electron chi connectivity index (χ1n) is 5.25. The number of para-hydroxylation sites is 1. The molecule has 0 fully saturated rings. The summed E-state index contributed by atoms with van der Waals surface area (Å²) in [6, 6.07) is 7.49. The molecule has 88 valence electrons. The average molecular weight is 231 g/mol. The fraction of sp³-hybridized carbons (Fsp3) is 0.231. The smallest absolute Gasteiger partial charge is 0.345 e. The second kappa shape index (κ2) is 4.41. The van der Waals surface area contributed by atoms with Crippen molar-refractivity contribution in [1.82, 2.24) is 0 Å². The first-order valence-corrected chi connectivity index (χ1v) is 5.25. The molecule has 0 aliphatic heterocycles. The molecule has 1 aromatic heterocycles. The molecule has 17 heavy (non-hydrogen) atoms. The summed E-state index contributed by atoms with van der Waals surface area (Å²) in [5.74, 6) is 0. The SMILES string of the molecule is CON=C(C)c1cc2cccc(C)c2oc1=O. The molecule has 0 unspecified atom stereocenters. The Morgan fingerprint density at radius 1 is 1.41 bits per heavy atom. The van der Waals surface area contributed by atoms with E-state index in [0.29, 0.717) is 16.9 Å². The number of hydrogen-bond acceptors (Lipinski definition) is 4. The van der Waals surface area contributed by atoms with Gasteiger partial charge >= 0.3 is 5.63 Å². The lowest BCUT2D eigenvalue weighted by atomic mass is 10.1. The maximum atomic E-state index is 11.8. The van der Waals surface area contributed by atoms with Crippen molar-refractivity contribution in [3.63, 3.8) is 0 Å². The van der Waals surface area contributed by atoms with E-state index in [4.69, 9.17) is 4.42 Å². The van der Waals surface area contributed by atoms with E-state index in [9.17, 15) is 4.79 Å². The van der Waals surface area contributed by atoms with E-state index >= 15 is 0 Å². The van der Waals surface area contributed by atoms with Crippen LogP contribution >= 0.6 is 0 Å². The third-order valence-electron chi connectivity index (χ3n) is 2.57. The largest absolute Gasteiger partial charge is 0.422 e. The maximum absolute atomic E-state index is 11.8. The van der Waals surface area contributed by atoms with Crippen LogP contribution in [-0.2, 0) is 4.84 Å². The van der Waals surface area contributed by atoms with Crippen molar-refractivity contribution in [2.24, 2.45) is 5.16 Å². The van der Waals surface area contributed by atoms with Crippen molar-refractivity contribution in [3.05, 3.63) is 45.8 Å². The van der Waals surface area contributed by atoms with Gasteiger partial charge in [-0.05, 0) is 25.5 Å². The molecule has 2 aromatic rings. The van der Waals surface area contributed by atoms with Crippen LogP contribution in [-0.4, -0.2) is 12.8 Å². The van der Waals surface area contributed by atoms with Gasteiger partial charge in [-0.1, -0.05) is 23.4 Å². The van der Waals surface area contributed by atoms with Crippen molar-refractivity contribution in [2.45, 2.75) is 13.8 Å². The monoisotopic (exact) mass is 231 g/mol. The second-order valence-corrected chi connectivity index (χ2v) is 3.80. The minimum Gasteiger partial charge on any atom is -0.422 e. The molecule has 0 radical (unpaired) electrons. The van der Waals surface area contributed by atoms with Gasteiger partial charge in [-0.3, -0.25) is 0 Å². The van der Waals surface area contributed by atoms with Gasteiger partial charge in [-0.25, -0.2) is 4.79 Å². The van der Waals surface area contributed by atoms with Crippen molar-refractivity contribution in [2.75, 3.05) is 7.11 Å². The van der Waals surface area contributed by atoms with E-state index in [-0.39, 0.29) is 0 Å². The highest BCUT2D eigenvalue weighted by atomic mass is 16.6. The summed E-state index contributed by atoms with van der Waals surface area (Å²) in [7, 11) is 1.44. The normalized spacial score (nSPS) is 11.8. The first-order chi connectivity index (χ1) is 8.13. The third kappa shape index (κ3) is 2.06. The maximum Gasteiger partial charge on any atom is 0.345 e. The number of nitrogens with zero attached hydrogens (tertiary/aromatic N) is 1. The zero-order valence-corrected chi connectivity index (χ0v) is 9.98. The summed E-state index contributed by atoms with van der Waals surface area (Å²) in [6.07, 6.45) is 0. The summed E-state index contributed by atoms with van der Waals surface area (Å²) < 4.78 is 5.30. The molecular weight excluding hydrogens is 218 g/mol. The van der Waals surface area contributed by atoms with Crippen LogP contribution in [0.4, 0.5) is 0 Å². The van der Waals surface area contributed by atoms with Crippen LogP contribution < -0.4 is 5.63 Å². The Labute approximate surface area is 98.5 Å². The number of hydrogen-bond donors (Lipinski definition) is 0. The highest BCUT2D eigenvalue weighted by Crippen LogP contribution is 2.17. The van der Waals surface area contributed by atoms with E-state index in [2.05, 4.69) is 9.99 Å². The molecule has 0 saturated carbocycles. The van der Waals surface area contributed by atoms with Gasteiger partial charge in [0.25, 0.3) is 0 Å². The van der Waals surface area contributed by atoms with Gasteiger partial charge < -0.3 is 9.25 Å². The second-order valence-electron chi connectivity index (χ2n) is 3.80. The van der Waals surface area contributed by atoms with Crippen molar-refractivity contribution in [1.29, 1.82) is 0 Å². The third-order valence-corrected chi connectivity index (χ3v) is 2.57. The van der Waals surface area contributed by atoms with Crippen LogP contribution in [0.15, 0.2) is 38.6 Å². The van der Waals surface area contributed by atoms with Crippen LogP contribution in [0.3, 0.4) is 0 Å². The number of rotatable bonds is 2. The summed E-state index contributed by atoms with van der Waals surface area (Å²) in [6.45, 7) is 3.61. The van der Waals surface area contributed by atoms with Gasteiger partial charge in [0.05, 0.1) is 11.3 Å². The highest BCUT2D eigenvalue weighted by molar-refractivity contribution is 6.00. The molecule has 0 aliphatic rings. The number of aryl methyl sites for hydroxylation is 1. The molecule has 0 saturated heterocycles. The number of benzene rings is 1. The van der Waals surface area contributed by atoms with E-state index in [0.717, 1.165) is 10.9 Å². The fourth-order valence-electron chi connectivity index (χ4n) is 1.73. The molecule has 0 N–H and O–H groups in total. The van der Waals surface area contributed by atoms with Crippen molar-refractivity contribution < 1.29 is 9.25 Å². The fourth-order valence-corrected chi connectivity index (χ4v) is 1.73. The van der Waals surface area contributed by atoms with E-state index in [1.54, 1.807) is 13.0 Å². The quantitative estimate of drug-likeness (QED) is 0.453. The number of fused-ring (bicyclic) bond motifs is 1. The Kier molecular flexibility index (Phi) is 2.95. The molecule has 0 aliphatic carbocycles. The molecule has 4 nitrogen and oxygen atoms in total. The molecule has 0 spiro atoms. The molecule has 0 amide bonds. The Bertz CT molecular complexity index is 641. The van der Waals surface area contributed by atoms with Gasteiger partial charge in [0, 0.05) is 5.39 Å². The summed E-state index contributed by atoms with van der Waals surface area (Å²) >= 11 is 0. The average Bonchev–Trinajstić information content (AvgIpc) is 2.30. The standard InChI is InChI=1S/C13H13NO3/c1-8-5-4-6-10-7-11(9(2)14-16-3)13(15)17-12(8)10/h4-7H,1-3H3. The molecule has 2 rings (SSSR count). The minimum absolute atomic E-state index is 0.398. The zero-order valence-electron chi connectivity index (χ0n) is 9.98. The predicted octanol–water partition coefficient (Wildman–Crippen LogP) is 2.47. The highest BCUT2D eigenvalue weighted by Gasteiger charge is 2.09. The molecule has 4 heteroatoms. The molecule has 1 aromatic carbocycles. The van der Waals surface area contributed by atoms with Gasteiger partial charge in [0.15, 0.2) is 0 Å². The first kappa shape index (κ1) is 11.4. The zero-order chi connectivity index (χ0) is 12.4. The van der Waals surface area contributed by atoms with Crippen LogP contribution in [0.2, 0.25) is 0 Å². The van der Waals surface area contributed by atoms with Gasteiger partial charge in [-0.15, -0.1) is 0 Å². The van der Waals surface area contributed by atoms with Crippen LogP contribution in [0, 0.1) is 6.92 Å². The molecule has 0 bridgehead atoms. The Morgan fingerprint density at radius 3 is 2.88 bits per heavy atom. The number of oxime groups is 1. The molecule has 0 atom stereocenters. The lowest BCUT2D eigenvalue weighted by molar-refractivity contribution is 0.213. The van der Waals surface area contributed by atoms with Gasteiger partial charge in [0.2, 0.25) is 0 Å². The van der Waals surface area contributed by atoms with Crippen molar-refractivity contribution >= 4 is 16.7 Å². The summed E-state index contributed by atoms with van der Waals surface area (Å²) in [5.41, 5.74) is 2.08. The van der Waals surface area contributed by atoms with Crippen LogP contribution in [0.25, 0.3) is 11.0 Å². The molecule has 1 heterocycles. The summed E-state index contributed by atoms with van der Waals surface area (Å²) in [4.78, 5) is 16.5. The van der Waals surface area contributed by atoms with Gasteiger partial charge in [-0.2, -0.15) is 0 Å². The van der Waals surface area contributed by atoms with Crippen LogP contribution in [0.5, 0.6) is 0 Å². The van der Waals surface area contributed by atoms with E-state index in [1.807, 2.05) is 25.1 Å². The van der Waals surface area contributed by atoms with E-state index < -0.39 is 5.63 Å². The van der Waals surface area contributed by atoms with Crippen LogP contribution in [0.1, 0.15) is 18.1 Å². The predicted molar refractivity (Wildman–Crippen MR) is 66.4 cm³/mol. The summed E-state index contributed by atoms with van der Waals surface area (Å²) in [5, 5.41) is 4.62. The lowest BCUT2D eigenvalue weighted by Crippen LogP contribution is -2.12. The molecular formula is C13H13NO3. The topological polar surface area (TPSA) is 51.8 Å². The Morgan fingerprint density at radius 2 is 2.18 bits per heavy atom. The minimum atomic E-state index is -0.398. The lowest BCUT2D eigenvalue weighted by Gasteiger charge is -2.03.